The number of benzene rings is 1. The van der Waals surface area contributed by atoms with Crippen LogP contribution in [0.1, 0.15) is 12.5 Å². The minimum Gasteiger partial charge on any atom is -0.393 e. The quantitative estimate of drug-likeness (QED) is 0.401. The van der Waals surface area contributed by atoms with Crippen molar-refractivity contribution in [2.24, 2.45) is 0 Å². The maximum absolute atomic E-state index is 9.25. The van der Waals surface area contributed by atoms with Crippen LogP contribution in [0.4, 0.5) is 11.8 Å². The van der Waals surface area contributed by atoms with Crippen LogP contribution in [-0.4, -0.2) is 32.7 Å². The van der Waals surface area contributed by atoms with Crippen LogP contribution in [0.15, 0.2) is 35.5 Å². The Kier molecular flexibility index (Phi) is 4.63. The smallest absolute Gasteiger partial charge is 0.299 e. The summed E-state index contributed by atoms with van der Waals surface area (Å²) in [6.07, 6.45) is 0. The lowest BCUT2D eigenvalue weighted by atomic mass is 10.2. The second-order valence-corrected chi connectivity index (χ2v) is 6.20. The Bertz CT molecular complexity index is 791. The zero-order chi connectivity index (χ0) is 16.2. The van der Waals surface area contributed by atoms with Crippen LogP contribution in [0.3, 0.4) is 0 Å². The van der Waals surface area contributed by atoms with Crippen LogP contribution >= 0.6 is 11.8 Å². The van der Waals surface area contributed by atoms with Crippen LogP contribution < -0.4 is 16.0 Å². The van der Waals surface area contributed by atoms with Gasteiger partial charge in [0.2, 0.25) is 11.8 Å². The van der Waals surface area contributed by atoms with E-state index < -0.39 is 0 Å². The third-order valence-corrected chi connectivity index (χ3v) is 4.22. The number of H-pyrrole nitrogens is 2. The fourth-order valence-corrected chi connectivity index (χ4v) is 2.95. The molecule has 3 aromatic rings. The third-order valence-electron chi connectivity index (χ3n) is 3.28. The van der Waals surface area contributed by atoms with Gasteiger partial charge in [-0.05, 0) is 24.2 Å². The van der Waals surface area contributed by atoms with Gasteiger partial charge in [0, 0.05) is 5.75 Å². The van der Waals surface area contributed by atoms with E-state index in [2.05, 4.69) is 37.4 Å². The van der Waals surface area contributed by atoms with Gasteiger partial charge in [0.05, 0.1) is 12.6 Å². The van der Waals surface area contributed by atoms with Crippen molar-refractivity contribution in [3.05, 3.63) is 35.9 Å². The first kappa shape index (κ1) is 15.6. The Morgan fingerprint density at radius 2 is 2.13 bits per heavy atom. The van der Waals surface area contributed by atoms with Crippen molar-refractivity contribution in [2.45, 2.75) is 23.9 Å². The minimum atomic E-state index is -0.103. The SMILES string of the molecule is C[C@H](CO)Nc1[nH+]c(SCc2ccccc2)nc2nc(N)[nH]c12. The molecule has 0 bridgehead atoms. The van der Waals surface area contributed by atoms with Crippen molar-refractivity contribution in [2.75, 3.05) is 17.7 Å². The van der Waals surface area contributed by atoms with Crippen LogP contribution in [0, 0.1) is 0 Å². The summed E-state index contributed by atoms with van der Waals surface area (Å²) in [5.41, 5.74) is 8.20. The van der Waals surface area contributed by atoms with Gasteiger partial charge in [-0.1, -0.05) is 35.3 Å². The molecular formula is C15H19N6OS+. The summed E-state index contributed by atoms with van der Waals surface area (Å²) in [6, 6.07) is 10.1. The van der Waals surface area contributed by atoms with Crippen LogP contribution in [0.5, 0.6) is 0 Å². The van der Waals surface area contributed by atoms with E-state index in [1.54, 1.807) is 11.8 Å². The number of aromatic amines is 2. The van der Waals surface area contributed by atoms with E-state index in [-0.39, 0.29) is 12.6 Å². The van der Waals surface area contributed by atoms with Gasteiger partial charge in [0.15, 0.2) is 5.52 Å². The number of aromatic nitrogens is 4. The molecule has 0 spiro atoms. The van der Waals surface area contributed by atoms with Crippen LogP contribution in [0.25, 0.3) is 11.2 Å². The summed E-state index contributed by atoms with van der Waals surface area (Å²) in [5, 5.41) is 13.2. The van der Waals surface area contributed by atoms with Crippen molar-refractivity contribution in [1.82, 2.24) is 15.0 Å². The highest BCUT2D eigenvalue weighted by Gasteiger charge is 2.19. The molecule has 0 aliphatic rings. The van der Waals surface area contributed by atoms with E-state index >= 15 is 0 Å². The molecule has 2 aromatic heterocycles. The van der Waals surface area contributed by atoms with Gasteiger partial charge in [-0.3, -0.25) is 5.32 Å². The average molecular weight is 331 g/mol. The lowest BCUT2D eigenvalue weighted by molar-refractivity contribution is -0.416. The molecule has 0 saturated heterocycles. The molecule has 0 aliphatic heterocycles. The van der Waals surface area contributed by atoms with Crippen molar-refractivity contribution in [3.63, 3.8) is 0 Å². The molecule has 1 aromatic carbocycles. The highest BCUT2D eigenvalue weighted by molar-refractivity contribution is 7.98. The molecule has 3 rings (SSSR count). The van der Waals surface area contributed by atoms with Gasteiger partial charge in [-0.15, -0.1) is 0 Å². The monoisotopic (exact) mass is 331 g/mol. The predicted molar refractivity (Wildman–Crippen MR) is 91.0 cm³/mol. The number of nitrogens with one attached hydrogen (secondary N) is 3. The molecule has 1 atom stereocenters. The molecule has 0 aliphatic carbocycles. The van der Waals surface area contributed by atoms with Crippen molar-refractivity contribution in [1.29, 1.82) is 0 Å². The first-order chi connectivity index (χ1) is 11.2. The lowest BCUT2D eigenvalue weighted by Crippen LogP contribution is -2.26. The van der Waals surface area contributed by atoms with Crippen molar-refractivity contribution < 1.29 is 10.1 Å². The number of nitrogens with two attached hydrogens (primary N) is 1. The molecular weight excluding hydrogens is 312 g/mol. The Labute approximate surface area is 137 Å². The zero-order valence-electron chi connectivity index (χ0n) is 12.7. The normalized spacial score (nSPS) is 12.4. The average Bonchev–Trinajstić information content (AvgIpc) is 2.94. The molecule has 23 heavy (non-hydrogen) atoms. The van der Waals surface area contributed by atoms with Crippen LogP contribution in [0.2, 0.25) is 0 Å². The Morgan fingerprint density at radius 3 is 2.87 bits per heavy atom. The van der Waals surface area contributed by atoms with Gasteiger partial charge >= 0.3 is 0 Å². The van der Waals surface area contributed by atoms with Crippen molar-refractivity contribution >= 4 is 34.7 Å². The number of nitrogen functional groups attached to an aromatic ring is 1. The molecule has 0 unspecified atom stereocenters. The number of nitrogens with zero attached hydrogens (tertiary/aromatic N) is 2. The molecule has 0 fully saturated rings. The van der Waals surface area contributed by atoms with Crippen LogP contribution in [-0.2, 0) is 5.75 Å². The Morgan fingerprint density at radius 1 is 1.35 bits per heavy atom. The summed E-state index contributed by atoms with van der Waals surface area (Å²) in [5.74, 6) is 1.83. The molecule has 120 valence electrons. The second kappa shape index (κ2) is 6.84. The first-order valence-electron chi connectivity index (χ1n) is 7.28. The zero-order valence-corrected chi connectivity index (χ0v) is 13.5. The molecule has 8 heteroatoms. The van der Waals surface area contributed by atoms with Gasteiger partial charge in [-0.2, -0.15) is 4.98 Å². The number of fused-ring (bicyclic) bond motifs is 1. The fourth-order valence-electron chi connectivity index (χ4n) is 2.13. The van der Waals surface area contributed by atoms with E-state index in [1.165, 1.54) is 5.56 Å². The second-order valence-electron chi connectivity index (χ2n) is 5.24. The van der Waals surface area contributed by atoms with E-state index in [0.717, 1.165) is 16.7 Å². The summed E-state index contributed by atoms with van der Waals surface area (Å²) >= 11 is 1.58. The lowest BCUT2D eigenvalue weighted by Gasteiger charge is -2.07. The molecule has 6 N–H and O–H groups in total. The van der Waals surface area contributed by atoms with Gasteiger partial charge in [-0.25, -0.2) is 4.98 Å². The number of anilines is 2. The summed E-state index contributed by atoms with van der Waals surface area (Å²) in [4.78, 5) is 14.9. The molecule has 0 saturated carbocycles. The summed E-state index contributed by atoms with van der Waals surface area (Å²) in [6.45, 7) is 1.91. The summed E-state index contributed by atoms with van der Waals surface area (Å²) < 4.78 is 0. The first-order valence-corrected chi connectivity index (χ1v) is 8.27. The van der Waals surface area contributed by atoms with E-state index in [9.17, 15) is 5.11 Å². The number of hydrogen-bond acceptors (Lipinski definition) is 6. The predicted octanol–water partition coefficient (Wildman–Crippen LogP) is 1.44. The van der Waals surface area contributed by atoms with E-state index in [0.29, 0.717) is 17.1 Å². The standard InChI is InChI=1S/C15H18N6OS/c1-9(7-22)17-12-11-13(19-14(16)18-11)21-15(20-12)23-8-10-5-3-2-4-6-10/h2-6,9,22H,7-8H2,1H3,(H4,16,17,18,19,20,21)/p+1/t9-/m1/s1. The maximum atomic E-state index is 9.25. The van der Waals surface area contributed by atoms with E-state index in [4.69, 9.17) is 5.73 Å². The number of aliphatic hydroxyl groups excluding tert-OH is 1. The Hall–Kier alpha value is -2.32. The molecule has 0 amide bonds. The number of rotatable bonds is 6. The molecule has 7 nitrogen and oxygen atoms in total. The molecule has 0 radical (unpaired) electrons. The van der Waals surface area contributed by atoms with Gasteiger partial charge in [0.25, 0.3) is 10.8 Å². The minimum absolute atomic E-state index is 0.0216. The number of imidazole rings is 1. The highest BCUT2D eigenvalue weighted by atomic mass is 32.2. The van der Waals surface area contributed by atoms with Crippen molar-refractivity contribution in [3.8, 4) is 0 Å². The van der Waals surface area contributed by atoms with Gasteiger partial charge < -0.3 is 15.8 Å². The van der Waals surface area contributed by atoms with E-state index in [1.807, 2.05) is 25.1 Å². The number of aliphatic hydroxyl groups is 1. The largest absolute Gasteiger partial charge is 0.393 e. The number of thioether (sulfide) groups is 1. The fraction of sp³-hybridized carbons (Fsp3) is 0.267. The van der Waals surface area contributed by atoms with Gasteiger partial charge in [0.1, 0.15) is 0 Å². The molecule has 2 heterocycles. The third kappa shape index (κ3) is 3.72. The maximum Gasteiger partial charge on any atom is 0.299 e. The highest BCUT2D eigenvalue weighted by Crippen LogP contribution is 2.22. The summed E-state index contributed by atoms with van der Waals surface area (Å²) in [7, 11) is 0. The number of hydrogen-bond donors (Lipinski definition) is 4. The Balaban J connectivity index is 1.88. The topological polar surface area (TPSA) is 114 Å².